The van der Waals surface area contributed by atoms with Crippen LogP contribution in [0.5, 0.6) is 0 Å². The second kappa shape index (κ2) is 14.6. The number of aromatic nitrogens is 8. The summed E-state index contributed by atoms with van der Waals surface area (Å²) in [5.41, 5.74) is 2.75. The standard InChI is InChI=1S/C20H23N5OS.C13H10N4O2S/c26-19(24-11-7-2-1-3-8-12-24)17(15-9-5-4-6-10-15)25-14-21-18-16(20(25)27)13-22-23-18;18-13(19)10(8-4-2-1-3-5-8)17-7-14-11-9(12(17)20)6-15-16-11/h4-6,9-10,13-14,17H,1-3,7-8,11-12H2,(H,22,23);1-7,10H,(H,15,16)(H,18,19). The first-order chi connectivity index (χ1) is 22.9. The van der Waals surface area contributed by atoms with E-state index in [-0.39, 0.29) is 5.91 Å². The Morgan fingerprint density at radius 1 is 0.681 bits per heavy atom. The van der Waals surface area contributed by atoms with Crippen molar-refractivity contribution in [2.45, 2.75) is 44.2 Å². The molecular weight excluding hydrogens is 635 g/mol. The van der Waals surface area contributed by atoms with Crippen molar-refractivity contribution in [2.75, 3.05) is 13.1 Å². The minimum Gasteiger partial charge on any atom is -0.479 e. The molecule has 12 nitrogen and oxygen atoms in total. The molecule has 0 spiro atoms. The summed E-state index contributed by atoms with van der Waals surface area (Å²) in [6.07, 6.45) is 12.0. The van der Waals surface area contributed by atoms with Crippen LogP contribution in [0.15, 0.2) is 85.7 Å². The normalized spacial score (nSPS) is 14.9. The number of carboxylic acid groups (broad SMARTS) is 1. The Morgan fingerprint density at radius 3 is 1.62 bits per heavy atom. The van der Waals surface area contributed by atoms with Gasteiger partial charge in [-0.1, -0.05) is 104 Å². The monoisotopic (exact) mass is 667 g/mol. The van der Waals surface area contributed by atoms with Gasteiger partial charge in [0.2, 0.25) is 5.91 Å². The van der Waals surface area contributed by atoms with Crippen molar-refractivity contribution in [1.82, 2.24) is 44.4 Å². The van der Waals surface area contributed by atoms with Crippen LogP contribution < -0.4 is 0 Å². The molecule has 3 N–H and O–H groups in total. The Balaban J connectivity index is 0.000000172. The fraction of sp³-hybridized carbons (Fsp3) is 0.273. The van der Waals surface area contributed by atoms with E-state index in [9.17, 15) is 14.7 Å². The van der Waals surface area contributed by atoms with E-state index in [4.69, 9.17) is 24.4 Å². The van der Waals surface area contributed by atoms with Gasteiger partial charge in [0.25, 0.3) is 0 Å². The number of carboxylic acids is 1. The lowest BCUT2D eigenvalue weighted by Gasteiger charge is -2.30. The van der Waals surface area contributed by atoms with Gasteiger partial charge in [0, 0.05) is 13.1 Å². The van der Waals surface area contributed by atoms with E-state index < -0.39 is 18.1 Å². The number of carbonyl (C=O) groups excluding carboxylic acids is 1. The lowest BCUT2D eigenvalue weighted by atomic mass is 10.0. The number of carbonyl (C=O) groups is 2. The number of rotatable bonds is 6. The van der Waals surface area contributed by atoms with Crippen molar-refractivity contribution in [1.29, 1.82) is 0 Å². The number of hydrogen-bond acceptors (Lipinski definition) is 8. The Bertz CT molecular complexity index is 2100. The summed E-state index contributed by atoms with van der Waals surface area (Å²) in [7, 11) is 0. The number of aromatic amines is 2. The molecule has 240 valence electrons. The zero-order valence-electron chi connectivity index (χ0n) is 25.4. The van der Waals surface area contributed by atoms with Gasteiger partial charge in [0.1, 0.15) is 15.3 Å². The summed E-state index contributed by atoms with van der Waals surface area (Å²) >= 11 is 11.0. The van der Waals surface area contributed by atoms with Gasteiger partial charge in [-0.2, -0.15) is 10.2 Å². The van der Waals surface area contributed by atoms with Crippen molar-refractivity contribution >= 4 is 58.4 Å². The fourth-order valence-electron chi connectivity index (χ4n) is 5.82. The maximum atomic E-state index is 13.6. The second-order valence-electron chi connectivity index (χ2n) is 11.2. The van der Waals surface area contributed by atoms with Crippen LogP contribution in [-0.4, -0.2) is 74.5 Å². The summed E-state index contributed by atoms with van der Waals surface area (Å²) in [5, 5.41) is 24.3. The van der Waals surface area contributed by atoms with Gasteiger partial charge in [-0.05, 0) is 24.0 Å². The van der Waals surface area contributed by atoms with Crippen LogP contribution in [0.3, 0.4) is 0 Å². The Labute approximate surface area is 280 Å². The Morgan fingerprint density at radius 2 is 1.13 bits per heavy atom. The lowest BCUT2D eigenvalue weighted by Crippen LogP contribution is -2.40. The topological polar surface area (TPSA) is 151 Å². The molecule has 0 saturated carbocycles. The quantitative estimate of drug-likeness (QED) is 0.181. The number of likely N-dealkylation sites (tertiary alicyclic amines) is 1. The molecule has 4 aromatic heterocycles. The summed E-state index contributed by atoms with van der Waals surface area (Å²) in [6.45, 7) is 1.60. The summed E-state index contributed by atoms with van der Waals surface area (Å²) < 4.78 is 4.23. The Hall–Kier alpha value is -5.08. The smallest absolute Gasteiger partial charge is 0.331 e. The summed E-state index contributed by atoms with van der Waals surface area (Å²) in [4.78, 5) is 35.8. The molecule has 6 aromatic rings. The van der Waals surface area contributed by atoms with Gasteiger partial charge in [0.15, 0.2) is 17.3 Å². The maximum absolute atomic E-state index is 13.6. The minimum absolute atomic E-state index is 0.0869. The largest absolute Gasteiger partial charge is 0.479 e. The van der Waals surface area contributed by atoms with Gasteiger partial charge < -0.3 is 19.1 Å². The van der Waals surface area contributed by atoms with Crippen molar-refractivity contribution in [3.63, 3.8) is 0 Å². The van der Waals surface area contributed by atoms with E-state index in [1.54, 1.807) is 43.0 Å². The highest BCUT2D eigenvalue weighted by Crippen LogP contribution is 2.25. The van der Waals surface area contributed by atoms with E-state index in [1.165, 1.54) is 30.2 Å². The summed E-state index contributed by atoms with van der Waals surface area (Å²) in [5.74, 6) is -0.902. The van der Waals surface area contributed by atoms with E-state index >= 15 is 0 Å². The number of hydrogen-bond donors (Lipinski definition) is 3. The van der Waals surface area contributed by atoms with Crippen LogP contribution in [0.2, 0.25) is 0 Å². The van der Waals surface area contributed by atoms with Crippen molar-refractivity contribution in [3.05, 3.63) is 106 Å². The summed E-state index contributed by atoms with van der Waals surface area (Å²) in [6, 6.07) is 17.3. The highest BCUT2D eigenvalue weighted by atomic mass is 32.1. The first-order valence-electron chi connectivity index (χ1n) is 15.4. The number of benzene rings is 2. The third-order valence-electron chi connectivity index (χ3n) is 8.21. The molecule has 0 aliphatic carbocycles. The van der Waals surface area contributed by atoms with Gasteiger partial charge in [-0.15, -0.1) is 0 Å². The second-order valence-corrected chi connectivity index (χ2v) is 12.0. The average Bonchev–Trinajstić information content (AvgIpc) is 3.76. The molecule has 1 aliphatic rings. The van der Waals surface area contributed by atoms with Crippen molar-refractivity contribution in [3.8, 4) is 0 Å². The number of amides is 1. The minimum atomic E-state index is -0.989. The first kappa shape index (κ1) is 31.9. The third-order valence-corrected chi connectivity index (χ3v) is 9.07. The number of fused-ring (bicyclic) bond motifs is 2. The van der Waals surface area contributed by atoms with E-state index in [0.717, 1.165) is 36.9 Å². The predicted octanol–water partition coefficient (Wildman–Crippen LogP) is 6.03. The SMILES string of the molecule is O=C(C(c1ccccc1)n1cnc2[nH]ncc2c1=S)N1CCCCCCC1.O=C(O)C(c1ccccc1)n1cnc2[nH]ncc2c1=S. The van der Waals surface area contributed by atoms with Gasteiger partial charge in [0.05, 0.1) is 35.8 Å². The Kier molecular flexibility index (Phi) is 9.88. The molecule has 2 aromatic carbocycles. The van der Waals surface area contributed by atoms with Gasteiger partial charge in [-0.3, -0.25) is 15.0 Å². The highest BCUT2D eigenvalue weighted by molar-refractivity contribution is 7.71. The zero-order chi connectivity index (χ0) is 32.8. The van der Waals surface area contributed by atoms with Crippen molar-refractivity contribution < 1.29 is 14.7 Å². The predicted molar refractivity (Wildman–Crippen MR) is 182 cm³/mol. The molecule has 5 heterocycles. The van der Waals surface area contributed by atoms with E-state index in [0.29, 0.717) is 31.5 Å². The number of nitrogens with zero attached hydrogens (tertiary/aromatic N) is 7. The number of H-pyrrole nitrogens is 2. The fourth-order valence-corrected chi connectivity index (χ4v) is 6.42. The number of nitrogens with one attached hydrogen (secondary N) is 2. The lowest BCUT2D eigenvalue weighted by molar-refractivity contribution is -0.139. The van der Waals surface area contributed by atoms with Crippen LogP contribution >= 0.6 is 24.4 Å². The molecule has 1 fully saturated rings. The molecule has 0 bridgehead atoms. The van der Waals surface area contributed by atoms with Gasteiger partial charge in [-0.25, -0.2) is 14.8 Å². The average molecular weight is 668 g/mol. The van der Waals surface area contributed by atoms with E-state index in [2.05, 4.69) is 30.4 Å². The van der Waals surface area contributed by atoms with Crippen molar-refractivity contribution in [2.24, 2.45) is 0 Å². The molecule has 14 heteroatoms. The zero-order valence-corrected chi connectivity index (χ0v) is 27.0. The molecule has 0 radical (unpaired) electrons. The molecule has 2 atom stereocenters. The molecule has 2 unspecified atom stereocenters. The molecule has 1 saturated heterocycles. The van der Waals surface area contributed by atoms with E-state index in [1.807, 2.05) is 45.9 Å². The molecule has 1 aliphatic heterocycles. The van der Waals surface area contributed by atoms with Crippen LogP contribution in [0.25, 0.3) is 22.1 Å². The first-order valence-corrected chi connectivity index (χ1v) is 16.2. The van der Waals surface area contributed by atoms with Crippen LogP contribution in [0, 0.1) is 9.28 Å². The number of aliphatic carboxylic acids is 1. The highest BCUT2D eigenvalue weighted by Gasteiger charge is 2.28. The third kappa shape index (κ3) is 6.88. The maximum Gasteiger partial charge on any atom is 0.331 e. The van der Waals surface area contributed by atoms with Crippen LogP contribution in [-0.2, 0) is 9.59 Å². The molecule has 1 amide bonds. The van der Waals surface area contributed by atoms with Gasteiger partial charge >= 0.3 is 5.97 Å². The molecule has 7 rings (SSSR count). The van der Waals surface area contributed by atoms with Crippen LogP contribution in [0.1, 0.15) is 55.3 Å². The molecular formula is C33H33N9O3S2. The van der Waals surface area contributed by atoms with Crippen LogP contribution in [0.4, 0.5) is 0 Å². The molecule has 47 heavy (non-hydrogen) atoms.